The molecule has 0 N–H and O–H groups in total. The standard InChI is InChI=1S/C51H62F9N3P2/c52-49(53,54)38-27-39(50(55,56)57)30-44(29-38)64(45-31-40(51(58,59)60)28-41(32-45)62-63-61)33-37-18-13-25-48(37,36-17-10-9-16-35(26-36)34-14-7-8-15-34)46-23-11-12-24-47(46)65(42-19-3-1-4-20-42)43-21-5-2-6-22-43/h11-12,23-24,27-32,34-37,42-43H,1-10,13-22,25-26,33H2. The smallest absolute Gasteiger partial charge is 0.166 e. The highest BCUT2D eigenvalue weighted by Crippen LogP contribution is 2.62. The summed E-state index contributed by atoms with van der Waals surface area (Å²) in [5.74, 6) is 1.10. The Kier molecular flexibility index (Phi) is 15.3. The van der Waals surface area contributed by atoms with E-state index in [1.54, 1.807) is 0 Å². The van der Waals surface area contributed by atoms with Crippen LogP contribution in [-0.4, -0.2) is 17.5 Å². The Balaban J connectivity index is 1.35. The van der Waals surface area contributed by atoms with Gasteiger partial charge in [0.25, 0.3) is 0 Å². The summed E-state index contributed by atoms with van der Waals surface area (Å²) in [4.78, 5) is 2.74. The third-order valence-electron chi connectivity index (χ3n) is 16.2. The Bertz CT molecular complexity index is 2080. The van der Waals surface area contributed by atoms with Crippen molar-refractivity contribution in [3.63, 3.8) is 0 Å². The Morgan fingerprint density at radius 2 is 1.08 bits per heavy atom. The molecule has 5 aliphatic rings. The molecule has 0 aromatic heterocycles. The minimum absolute atomic E-state index is 0.0462. The van der Waals surface area contributed by atoms with E-state index in [0.717, 1.165) is 63.1 Å². The molecule has 0 spiro atoms. The van der Waals surface area contributed by atoms with Crippen molar-refractivity contribution in [1.29, 1.82) is 0 Å². The zero-order valence-electron chi connectivity index (χ0n) is 37.1. The van der Waals surface area contributed by atoms with E-state index in [-0.39, 0.29) is 40.4 Å². The van der Waals surface area contributed by atoms with E-state index >= 15 is 0 Å². The number of halogens is 9. The summed E-state index contributed by atoms with van der Waals surface area (Å²) in [7, 11) is -2.91. The third-order valence-corrected chi connectivity index (χ3v) is 22.4. The van der Waals surface area contributed by atoms with Gasteiger partial charge in [0.15, 0.2) is 0 Å². The van der Waals surface area contributed by atoms with Gasteiger partial charge < -0.3 is 0 Å². The first kappa shape index (κ1) is 48.6. The number of nitrogens with zero attached hydrogens (tertiary/aromatic N) is 3. The van der Waals surface area contributed by atoms with Crippen LogP contribution in [0.3, 0.4) is 0 Å². The van der Waals surface area contributed by atoms with Crippen molar-refractivity contribution in [2.75, 3.05) is 6.16 Å². The second kappa shape index (κ2) is 20.4. The van der Waals surface area contributed by atoms with Crippen LogP contribution >= 0.6 is 15.8 Å². The van der Waals surface area contributed by atoms with Gasteiger partial charge in [0.1, 0.15) is 0 Å². The van der Waals surface area contributed by atoms with Crippen LogP contribution in [0.15, 0.2) is 65.8 Å². The minimum Gasteiger partial charge on any atom is -0.166 e. The molecule has 0 heterocycles. The number of alkyl halides is 9. The number of rotatable bonds is 11. The Morgan fingerprint density at radius 1 is 0.569 bits per heavy atom. The van der Waals surface area contributed by atoms with Gasteiger partial charge >= 0.3 is 18.5 Å². The van der Waals surface area contributed by atoms with Crippen molar-refractivity contribution in [3.8, 4) is 0 Å². The lowest BCUT2D eigenvalue weighted by Crippen LogP contribution is -2.45. The van der Waals surface area contributed by atoms with Crippen LogP contribution in [0.1, 0.15) is 164 Å². The van der Waals surface area contributed by atoms with Crippen molar-refractivity contribution in [1.82, 2.24) is 0 Å². The van der Waals surface area contributed by atoms with E-state index in [2.05, 4.69) is 34.3 Å². The molecular formula is C51H62F9N3P2. The van der Waals surface area contributed by atoms with Crippen molar-refractivity contribution in [3.05, 3.63) is 93.4 Å². The minimum atomic E-state index is -5.15. The van der Waals surface area contributed by atoms with Crippen molar-refractivity contribution in [2.45, 2.75) is 177 Å². The van der Waals surface area contributed by atoms with Gasteiger partial charge in [0.2, 0.25) is 0 Å². The number of hydrogen-bond acceptors (Lipinski definition) is 1. The van der Waals surface area contributed by atoms with Gasteiger partial charge in [-0.1, -0.05) is 127 Å². The summed E-state index contributed by atoms with van der Waals surface area (Å²) < 4.78 is 132. The molecule has 5 atom stereocenters. The average Bonchev–Trinajstić information content (AvgIpc) is 3.91. The summed E-state index contributed by atoms with van der Waals surface area (Å²) in [5.41, 5.74) is 6.85. The van der Waals surface area contributed by atoms with Crippen molar-refractivity contribution in [2.24, 2.45) is 28.8 Å². The first-order valence-electron chi connectivity index (χ1n) is 24.3. The van der Waals surface area contributed by atoms with Crippen LogP contribution in [0.5, 0.6) is 0 Å². The monoisotopic (exact) mass is 949 g/mol. The van der Waals surface area contributed by atoms with Crippen LogP contribution in [0.4, 0.5) is 45.2 Å². The fraction of sp³-hybridized carbons (Fsp3) is 0.647. The lowest BCUT2D eigenvalue weighted by Gasteiger charge is -2.49. The van der Waals surface area contributed by atoms with E-state index in [1.165, 1.54) is 107 Å². The zero-order valence-corrected chi connectivity index (χ0v) is 38.9. The average molecular weight is 950 g/mol. The van der Waals surface area contributed by atoms with E-state index < -0.39 is 56.5 Å². The summed E-state index contributed by atoms with van der Waals surface area (Å²) in [6.45, 7) is 0. The largest absolute Gasteiger partial charge is 0.416 e. The molecule has 14 heteroatoms. The molecule has 5 saturated carbocycles. The molecular weight excluding hydrogens is 888 g/mol. The highest BCUT2D eigenvalue weighted by molar-refractivity contribution is 7.73. The van der Waals surface area contributed by atoms with E-state index in [4.69, 9.17) is 0 Å². The maximum Gasteiger partial charge on any atom is 0.416 e. The van der Waals surface area contributed by atoms with Gasteiger partial charge in [-0.3, -0.25) is 0 Å². The second-order valence-electron chi connectivity index (χ2n) is 20.0. The van der Waals surface area contributed by atoms with Crippen molar-refractivity contribution < 1.29 is 39.5 Å². The van der Waals surface area contributed by atoms with Gasteiger partial charge in [-0.2, -0.15) is 39.5 Å². The SMILES string of the molecule is [N-]=[N+]=Nc1cc(P(CC2CCCC2(c2ccccc2P(C2CCCCC2)C2CCCCC2)C2CCCCC(C3CCCC3)C2)c2cc(C(F)(F)F)cc(C(F)(F)F)c2)cc(C(F)(F)F)c1. The lowest BCUT2D eigenvalue weighted by atomic mass is 9.60. The molecule has 8 rings (SSSR count). The van der Waals surface area contributed by atoms with Gasteiger partial charge in [-0.05, 0) is 164 Å². The van der Waals surface area contributed by atoms with Gasteiger partial charge in [0.05, 0.1) is 16.7 Å². The fourth-order valence-electron chi connectivity index (χ4n) is 13.4. The molecule has 0 saturated heterocycles. The molecule has 5 unspecified atom stereocenters. The van der Waals surface area contributed by atoms with Gasteiger partial charge in [-0.15, -0.1) is 0 Å². The highest BCUT2D eigenvalue weighted by Gasteiger charge is 2.53. The van der Waals surface area contributed by atoms with E-state index in [9.17, 15) is 45.0 Å². The van der Waals surface area contributed by atoms with Gasteiger partial charge in [-0.25, -0.2) is 0 Å². The summed E-state index contributed by atoms with van der Waals surface area (Å²) >= 11 is 0. The number of azide groups is 1. The molecule has 3 aromatic rings. The maximum atomic E-state index is 14.7. The van der Waals surface area contributed by atoms with Crippen LogP contribution in [0.25, 0.3) is 10.4 Å². The first-order valence-corrected chi connectivity index (χ1v) is 27.3. The van der Waals surface area contributed by atoms with Crippen LogP contribution in [0.2, 0.25) is 0 Å². The van der Waals surface area contributed by atoms with E-state index in [0.29, 0.717) is 35.6 Å². The lowest BCUT2D eigenvalue weighted by molar-refractivity contribution is -0.143. The Morgan fingerprint density at radius 3 is 1.65 bits per heavy atom. The zero-order chi connectivity index (χ0) is 46.0. The molecule has 3 nitrogen and oxygen atoms in total. The molecule has 5 aliphatic carbocycles. The maximum absolute atomic E-state index is 14.7. The summed E-state index contributed by atoms with van der Waals surface area (Å²) in [6.07, 6.45) is 9.26. The fourth-order valence-corrected chi connectivity index (χ4v) is 20.3. The van der Waals surface area contributed by atoms with Crippen LogP contribution < -0.4 is 15.9 Å². The predicted octanol–water partition coefficient (Wildman–Crippen LogP) is 17.0. The molecule has 0 aliphatic heterocycles. The summed E-state index contributed by atoms with van der Waals surface area (Å²) in [5, 5.41) is 4.63. The number of hydrogen-bond donors (Lipinski definition) is 0. The first-order chi connectivity index (χ1) is 31.1. The topological polar surface area (TPSA) is 48.8 Å². The van der Waals surface area contributed by atoms with Crippen LogP contribution in [0, 0.1) is 23.7 Å². The summed E-state index contributed by atoms with van der Waals surface area (Å²) in [6, 6.07) is 13.4. The van der Waals surface area contributed by atoms with Crippen molar-refractivity contribution >= 4 is 37.4 Å². The van der Waals surface area contributed by atoms with Gasteiger partial charge in [0, 0.05) is 16.0 Å². The third kappa shape index (κ3) is 10.9. The number of benzene rings is 3. The molecule has 0 bridgehead atoms. The van der Waals surface area contributed by atoms with E-state index in [1.807, 2.05) is 0 Å². The Labute approximate surface area is 380 Å². The molecule has 3 aromatic carbocycles. The molecule has 0 amide bonds. The molecule has 65 heavy (non-hydrogen) atoms. The highest BCUT2D eigenvalue weighted by atomic mass is 31.1. The predicted molar refractivity (Wildman–Crippen MR) is 246 cm³/mol. The quantitative estimate of drug-likeness (QED) is 0.0459. The molecule has 0 radical (unpaired) electrons. The second-order valence-corrected chi connectivity index (χ2v) is 25.0. The van der Waals surface area contributed by atoms with Crippen LogP contribution in [-0.2, 0) is 23.9 Å². The Hall–Kier alpha value is -2.80. The molecule has 354 valence electrons. The molecule has 5 fully saturated rings. The normalized spacial score (nSPS) is 26.3.